The fourth-order valence-corrected chi connectivity index (χ4v) is 3.94. The maximum absolute atomic E-state index is 12.3. The molecular weight excluding hydrogens is 448 g/mol. The number of ether oxygens (including phenoxy) is 2. The zero-order valence-electron chi connectivity index (χ0n) is 18.0. The second-order valence-electron chi connectivity index (χ2n) is 8.06. The number of aliphatic hydroxyl groups is 2. The molecule has 0 bridgehead atoms. The number of hydrogen-bond donors (Lipinski definition) is 3. The van der Waals surface area contributed by atoms with E-state index in [1.165, 1.54) is 6.08 Å². The molecule has 2 aromatic carbocycles. The number of aliphatic carboxylic acids is 1. The number of carbonyl (C=O) groups is 2. The van der Waals surface area contributed by atoms with Crippen molar-refractivity contribution >= 4 is 29.6 Å². The van der Waals surface area contributed by atoms with E-state index in [0.29, 0.717) is 17.9 Å². The first-order valence-electron chi connectivity index (χ1n) is 10.7. The molecule has 1 aliphatic carbocycles. The number of benzene rings is 2. The molecule has 8 heteroatoms. The molecule has 2 aromatic rings. The van der Waals surface area contributed by atoms with Crippen molar-refractivity contribution in [3.05, 3.63) is 76.8 Å². The van der Waals surface area contributed by atoms with E-state index in [1.54, 1.807) is 30.3 Å². The third kappa shape index (κ3) is 6.88. The number of aryl methyl sites for hydroxylation is 1. The van der Waals surface area contributed by atoms with Gasteiger partial charge < -0.3 is 24.8 Å². The molecule has 0 amide bonds. The minimum Gasteiger partial charge on any atom is -0.479 e. The summed E-state index contributed by atoms with van der Waals surface area (Å²) in [7, 11) is 0. The van der Waals surface area contributed by atoms with Crippen LogP contribution in [-0.4, -0.2) is 57.8 Å². The van der Waals surface area contributed by atoms with Gasteiger partial charge in [-0.2, -0.15) is 0 Å². The Morgan fingerprint density at radius 1 is 1.06 bits per heavy atom. The predicted octanol–water partition coefficient (Wildman–Crippen LogP) is 3.25. The van der Waals surface area contributed by atoms with E-state index in [2.05, 4.69) is 0 Å². The molecule has 3 N–H and O–H groups in total. The highest BCUT2D eigenvalue weighted by atomic mass is 35.5. The van der Waals surface area contributed by atoms with Gasteiger partial charge in [0.25, 0.3) is 0 Å². The molecule has 0 aromatic heterocycles. The Hall–Kier alpha value is -2.71. The van der Waals surface area contributed by atoms with Crippen LogP contribution in [0.15, 0.2) is 60.7 Å². The number of halogens is 1. The molecule has 1 fully saturated rings. The van der Waals surface area contributed by atoms with Gasteiger partial charge in [0.15, 0.2) is 5.60 Å². The SMILES string of the molecule is O=C(/C=C/c1ccccc1)O[C@@H]1C[C@](OCCCc2ccc(Cl)cc2)(C(=O)O)C[C@H](O)[C@H]1O. The average molecular weight is 475 g/mol. The summed E-state index contributed by atoms with van der Waals surface area (Å²) in [5.41, 5.74) is 0.0401. The summed E-state index contributed by atoms with van der Waals surface area (Å²) in [6.45, 7) is 0.117. The highest BCUT2D eigenvalue weighted by molar-refractivity contribution is 6.30. The molecule has 0 spiro atoms. The minimum atomic E-state index is -1.77. The Morgan fingerprint density at radius 2 is 1.76 bits per heavy atom. The number of carboxylic acids is 1. The summed E-state index contributed by atoms with van der Waals surface area (Å²) in [5.74, 6) is -2.03. The second kappa shape index (κ2) is 11.4. The molecule has 3 rings (SSSR count). The van der Waals surface area contributed by atoms with E-state index in [0.717, 1.165) is 11.1 Å². The molecule has 33 heavy (non-hydrogen) atoms. The minimum absolute atomic E-state index is 0.117. The lowest BCUT2D eigenvalue weighted by Crippen LogP contribution is -2.58. The van der Waals surface area contributed by atoms with E-state index < -0.39 is 35.9 Å². The Balaban J connectivity index is 1.61. The van der Waals surface area contributed by atoms with Crippen molar-refractivity contribution in [2.75, 3.05) is 6.61 Å². The van der Waals surface area contributed by atoms with Gasteiger partial charge in [-0.05, 0) is 42.2 Å². The van der Waals surface area contributed by atoms with E-state index in [1.807, 2.05) is 30.3 Å². The summed E-state index contributed by atoms with van der Waals surface area (Å²) >= 11 is 5.88. The van der Waals surface area contributed by atoms with Gasteiger partial charge in [-0.25, -0.2) is 9.59 Å². The van der Waals surface area contributed by atoms with Crippen molar-refractivity contribution in [1.82, 2.24) is 0 Å². The molecule has 176 valence electrons. The lowest BCUT2D eigenvalue weighted by molar-refractivity contribution is -0.207. The number of carboxylic acid groups (broad SMARTS) is 1. The van der Waals surface area contributed by atoms with E-state index in [9.17, 15) is 24.9 Å². The van der Waals surface area contributed by atoms with Gasteiger partial charge in [0.1, 0.15) is 12.2 Å². The van der Waals surface area contributed by atoms with Gasteiger partial charge in [0.2, 0.25) is 0 Å². The molecule has 0 unspecified atom stereocenters. The summed E-state index contributed by atoms with van der Waals surface area (Å²) in [5, 5.41) is 31.1. The van der Waals surface area contributed by atoms with Gasteiger partial charge in [-0.15, -0.1) is 0 Å². The highest BCUT2D eigenvalue weighted by Crippen LogP contribution is 2.35. The zero-order valence-corrected chi connectivity index (χ0v) is 18.7. The Morgan fingerprint density at radius 3 is 2.42 bits per heavy atom. The molecule has 1 saturated carbocycles. The first-order valence-corrected chi connectivity index (χ1v) is 11.1. The molecule has 0 radical (unpaired) electrons. The average Bonchev–Trinajstić information content (AvgIpc) is 2.80. The number of aliphatic hydroxyl groups excluding tert-OH is 2. The van der Waals surface area contributed by atoms with Crippen LogP contribution in [-0.2, 0) is 25.5 Å². The third-order valence-corrected chi connectivity index (χ3v) is 5.87. The fraction of sp³-hybridized carbons (Fsp3) is 0.360. The van der Waals surface area contributed by atoms with Gasteiger partial charge in [-0.3, -0.25) is 0 Å². The van der Waals surface area contributed by atoms with Gasteiger partial charge in [-0.1, -0.05) is 54.1 Å². The molecule has 4 atom stereocenters. The van der Waals surface area contributed by atoms with Crippen LogP contribution in [0, 0.1) is 0 Å². The molecule has 0 aliphatic heterocycles. The molecular formula is C25H27ClO7. The van der Waals surface area contributed by atoms with Crippen LogP contribution >= 0.6 is 11.6 Å². The van der Waals surface area contributed by atoms with Crippen molar-refractivity contribution in [3.63, 3.8) is 0 Å². The van der Waals surface area contributed by atoms with Crippen LogP contribution in [0.3, 0.4) is 0 Å². The number of esters is 1. The standard InChI is InChI=1S/C25H27ClO7/c26-19-11-8-18(9-12-19)7-4-14-32-25(24(30)31)15-20(27)23(29)21(16-25)33-22(28)13-10-17-5-2-1-3-6-17/h1-3,5-6,8-13,20-21,23,27,29H,4,7,14-16H2,(H,30,31)/b13-10+/t20-,21+,23+,25-/m0/s1. The summed E-state index contributed by atoms with van der Waals surface area (Å²) in [6, 6.07) is 16.4. The summed E-state index contributed by atoms with van der Waals surface area (Å²) < 4.78 is 11.0. The quantitative estimate of drug-likeness (QED) is 0.290. The van der Waals surface area contributed by atoms with Crippen molar-refractivity contribution in [2.24, 2.45) is 0 Å². The van der Waals surface area contributed by atoms with Crippen LogP contribution in [0.5, 0.6) is 0 Å². The lowest BCUT2D eigenvalue weighted by Gasteiger charge is -2.41. The summed E-state index contributed by atoms with van der Waals surface area (Å²) in [4.78, 5) is 24.3. The third-order valence-electron chi connectivity index (χ3n) is 5.62. The fourth-order valence-electron chi connectivity index (χ4n) is 3.81. The normalized spacial score (nSPS) is 25.1. The lowest BCUT2D eigenvalue weighted by atomic mass is 9.79. The molecule has 7 nitrogen and oxygen atoms in total. The van der Waals surface area contributed by atoms with Gasteiger partial charge in [0, 0.05) is 30.5 Å². The maximum Gasteiger partial charge on any atom is 0.336 e. The van der Waals surface area contributed by atoms with Crippen LogP contribution in [0.25, 0.3) is 6.08 Å². The van der Waals surface area contributed by atoms with Gasteiger partial charge >= 0.3 is 11.9 Å². The summed E-state index contributed by atoms with van der Waals surface area (Å²) in [6.07, 6.45) is -0.699. The first kappa shape index (κ1) is 24.9. The Kier molecular flexibility index (Phi) is 8.63. The van der Waals surface area contributed by atoms with E-state index in [-0.39, 0.29) is 19.4 Å². The van der Waals surface area contributed by atoms with Crippen LogP contribution in [0.4, 0.5) is 0 Å². The van der Waals surface area contributed by atoms with Gasteiger partial charge in [0.05, 0.1) is 6.10 Å². The molecule has 0 heterocycles. The van der Waals surface area contributed by atoms with E-state index in [4.69, 9.17) is 21.1 Å². The Bertz CT molecular complexity index is 960. The topological polar surface area (TPSA) is 113 Å². The molecule has 1 aliphatic rings. The van der Waals surface area contributed by atoms with E-state index >= 15 is 0 Å². The number of rotatable bonds is 9. The Labute approximate surface area is 197 Å². The van der Waals surface area contributed by atoms with Crippen molar-refractivity contribution in [2.45, 2.75) is 49.6 Å². The van der Waals surface area contributed by atoms with Crippen molar-refractivity contribution in [3.8, 4) is 0 Å². The zero-order chi connectivity index (χ0) is 23.8. The van der Waals surface area contributed by atoms with Crippen LogP contribution in [0.1, 0.15) is 30.4 Å². The number of hydrogen-bond acceptors (Lipinski definition) is 6. The molecule has 0 saturated heterocycles. The monoisotopic (exact) mass is 474 g/mol. The smallest absolute Gasteiger partial charge is 0.336 e. The van der Waals surface area contributed by atoms with Crippen LogP contribution in [0.2, 0.25) is 5.02 Å². The maximum atomic E-state index is 12.3. The second-order valence-corrected chi connectivity index (χ2v) is 8.50. The first-order chi connectivity index (χ1) is 15.8. The van der Waals surface area contributed by atoms with Crippen molar-refractivity contribution in [1.29, 1.82) is 0 Å². The number of carbonyl (C=O) groups excluding carboxylic acids is 1. The largest absolute Gasteiger partial charge is 0.479 e. The predicted molar refractivity (Wildman–Crippen MR) is 123 cm³/mol. The highest BCUT2D eigenvalue weighted by Gasteiger charge is 2.52. The van der Waals surface area contributed by atoms with Crippen molar-refractivity contribution < 1.29 is 34.4 Å². The van der Waals surface area contributed by atoms with Crippen LogP contribution < -0.4 is 0 Å².